The van der Waals surface area contributed by atoms with Crippen molar-refractivity contribution in [3.63, 3.8) is 0 Å². The van der Waals surface area contributed by atoms with Crippen LogP contribution in [0.15, 0.2) is 0 Å². The number of aliphatic hydroxyl groups excluding tert-OH is 1. The molecule has 0 aliphatic rings. The number of likely N-dealkylation sites (N-methyl/N-ethyl adjacent to an activating group) is 1. The fourth-order valence-electron chi connectivity index (χ4n) is 1.10. The van der Waals surface area contributed by atoms with E-state index in [0.29, 0.717) is 0 Å². The lowest BCUT2D eigenvalue weighted by Crippen LogP contribution is -2.49. The first-order chi connectivity index (χ1) is 5.81. The molecule has 78 valence electrons. The summed E-state index contributed by atoms with van der Waals surface area (Å²) in [5.74, 6) is -0.812. The zero-order valence-electron chi connectivity index (χ0n) is 8.74. The zero-order valence-corrected chi connectivity index (χ0v) is 8.74. The Balaban J connectivity index is 4.24. The first-order valence-electron chi connectivity index (χ1n) is 4.37. The largest absolute Gasteiger partial charge is 0.481 e. The van der Waals surface area contributed by atoms with Crippen molar-refractivity contribution >= 4 is 5.97 Å². The molecule has 0 aliphatic heterocycles. The number of carboxylic acid groups (broad SMARTS) is 1. The Morgan fingerprint density at radius 3 is 2.31 bits per heavy atom. The number of nitrogens with zero attached hydrogens (tertiary/aromatic N) is 1. The lowest BCUT2D eigenvalue weighted by atomic mass is 10.0. The Labute approximate surface area is 79.2 Å². The summed E-state index contributed by atoms with van der Waals surface area (Å²) in [5, 5.41) is 17.6. The molecule has 0 saturated carbocycles. The summed E-state index contributed by atoms with van der Waals surface area (Å²) in [7, 11) is 1.82. The number of carboxylic acids is 1. The van der Waals surface area contributed by atoms with E-state index in [9.17, 15) is 4.79 Å². The number of aliphatic carboxylic acids is 1. The highest BCUT2D eigenvalue weighted by molar-refractivity contribution is 5.67. The molecule has 0 aromatic carbocycles. The van der Waals surface area contributed by atoms with Gasteiger partial charge < -0.3 is 10.2 Å². The van der Waals surface area contributed by atoms with Gasteiger partial charge in [0.05, 0.1) is 13.0 Å². The van der Waals surface area contributed by atoms with E-state index < -0.39 is 5.97 Å². The van der Waals surface area contributed by atoms with Gasteiger partial charge >= 0.3 is 5.97 Å². The van der Waals surface area contributed by atoms with Crippen molar-refractivity contribution in [3.05, 3.63) is 0 Å². The van der Waals surface area contributed by atoms with Crippen LogP contribution in [0, 0.1) is 0 Å². The molecule has 0 spiro atoms. The average molecular weight is 189 g/mol. The molecule has 0 fully saturated rings. The molecular formula is C9H19NO3. The van der Waals surface area contributed by atoms with Gasteiger partial charge in [-0.05, 0) is 27.8 Å². The zero-order chi connectivity index (χ0) is 10.6. The van der Waals surface area contributed by atoms with Crippen LogP contribution in [0.4, 0.5) is 0 Å². The monoisotopic (exact) mass is 189 g/mol. The molecule has 0 bridgehead atoms. The highest BCUT2D eigenvalue weighted by atomic mass is 16.4. The molecule has 13 heavy (non-hydrogen) atoms. The topological polar surface area (TPSA) is 60.8 Å². The molecule has 4 nitrogen and oxygen atoms in total. The van der Waals surface area contributed by atoms with E-state index in [1.807, 2.05) is 32.7 Å². The highest BCUT2D eigenvalue weighted by Crippen LogP contribution is 2.16. The summed E-state index contributed by atoms with van der Waals surface area (Å²) < 4.78 is 0. The van der Waals surface area contributed by atoms with E-state index in [4.69, 9.17) is 10.2 Å². The van der Waals surface area contributed by atoms with Crippen molar-refractivity contribution in [2.45, 2.75) is 38.8 Å². The Morgan fingerprint density at radius 2 is 2.00 bits per heavy atom. The molecule has 0 aliphatic carbocycles. The van der Waals surface area contributed by atoms with Gasteiger partial charge in [0.25, 0.3) is 0 Å². The van der Waals surface area contributed by atoms with Gasteiger partial charge in [0.2, 0.25) is 0 Å². The standard InChI is InChI=1S/C9H19NO3/c1-7(5-8(12)13)10(4)9(2,3)6-11/h7,11H,5-6H2,1-4H3,(H,12,13). The second kappa shape index (κ2) is 4.58. The third-order valence-corrected chi connectivity index (χ3v) is 2.47. The average Bonchev–Trinajstić information content (AvgIpc) is 2.01. The smallest absolute Gasteiger partial charge is 0.304 e. The maximum absolute atomic E-state index is 10.4. The van der Waals surface area contributed by atoms with Gasteiger partial charge in [-0.15, -0.1) is 0 Å². The van der Waals surface area contributed by atoms with Gasteiger partial charge in [-0.3, -0.25) is 9.69 Å². The second-order valence-electron chi connectivity index (χ2n) is 4.03. The van der Waals surface area contributed by atoms with Crippen LogP contribution in [-0.2, 0) is 4.79 Å². The Morgan fingerprint density at radius 1 is 1.54 bits per heavy atom. The molecule has 0 heterocycles. The van der Waals surface area contributed by atoms with E-state index >= 15 is 0 Å². The molecule has 1 atom stereocenters. The summed E-state index contributed by atoms with van der Waals surface area (Å²) in [6, 6.07) is -0.0698. The van der Waals surface area contributed by atoms with Crippen LogP contribution in [0.1, 0.15) is 27.2 Å². The SMILES string of the molecule is CC(CC(=O)O)N(C)C(C)(C)CO. The summed E-state index contributed by atoms with van der Waals surface area (Å²) in [6.45, 7) is 5.62. The second-order valence-corrected chi connectivity index (χ2v) is 4.03. The number of hydrogen-bond donors (Lipinski definition) is 2. The fraction of sp³-hybridized carbons (Fsp3) is 0.889. The lowest BCUT2D eigenvalue weighted by molar-refractivity contribution is -0.138. The summed E-state index contributed by atoms with van der Waals surface area (Å²) in [4.78, 5) is 12.3. The summed E-state index contributed by atoms with van der Waals surface area (Å²) in [5.41, 5.74) is -0.366. The van der Waals surface area contributed by atoms with Gasteiger partial charge in [0.1, 0.15) is 0 Å². The third-order valence-electron chi connectivity index (χ3n) is 2.47. The molecule has 0 saturated heterocycles. The first-order valence-corrected chi connectivity index (χ1v) is 4.37. The Hall–Kier alpha value is -0.610. The molecule has 1 unspecified atom stereocenters. The quantitative estimate of drug-likeness (QED) is 0.663. The fourth-order valence-corrected chi connectivity index (χ4v) is 1.10. The maximum Gasteiger partial charge on any atom is 0.304 e. The summed E-state index contributed by atoms with van der Waals surface area (Å²) in [6.07, 6.45) is 0.0972. The van der Waals surface area contributed by atoms with Gasteiger partial charge in [-0.25, -0.2) is 0 Å². The van der Waals surface area contributed by atoms with Gasteiger partial charge in [-0.1, -0.05) is 0 Å². The van der Waals surface area contributed by atoms with Gasteiger partial charge in [-0.2, -0.15) is 0 Å². The minimum absolute atomic E-state index is 0.0213. The van der Waals surface area contributed by atoms with Crippen LogP contribution >= 0.6 is 0 Å². The minimum Gasteiger partial charge on any atom is -0.481 e. The van der Waals surface area contributed by atoms with E-state index in [2.05, 4.69) is 0 Å². The molecule has 0 aromatic heterocycles. The number of hydrogen-bond acceptors (Lipinski definition) is 3. The predicted molar refractivity (Wildman–Crippen MR) is 50.6 cm³/mol. The van der Waals surface area contributed by atoms with Crippen molar-refractivity contribution in [3.8, 4) is 0 Å². The highest BCUT2D eigenvalue weighted by Gasteiger charge is 2.27. The van der Waals surface area contributed by atoms with Crippen LogP contribution in [0.25, 0.3) is 0 Å². The van der Waals surface area contributed by atoms with Crippen molar-refractivity contribution in [1.82, 2.24) is 4.90 Å². The number of rotatable bonds is 5. The third kappa shape index (κ3) is 3.74. The maximum atomic E-state index is 10.4. The molecule has 0 amide bonds. The molecular weight excluding hydrogens is 170 g/mol. The molecule has 4 heteroatoms. The lowest BCUT2D eigenvalue weighted by Gasteiger charge is -2.37. The van der Waals surface area contributed by atoms with Crippen LogP contribution < -0.4 is 0 Å². The van der Waals surface area contributed by atoms with Gasteiger partial charge in [0, 0.05) is 11.6 Å². The normalized spacial score (nSPS) is 14.6. The van der Waals surface area contributed by atoms with E-state index in [1.54, 1.807) is 0 Å². The van der Waals surface area contributed by atoms with Crippen LogP contribution in [-0.4, -0.2) is 46.3 Å². The molecule has 0 radical (unpaired) electrons. The predicted octanol–water partition coefficient (Wildman–Crippen LogP) is 0.552. The van der Waals surface area contributed by atoms with Crippen LogP contribution in [0.2, 0.25) is 0 Å². The van der Waals surface area contributed by atoms with Crippen molar-refractivity contribution in [2.75, 3.05) is 13.7 Å². The first kappa shape index (κ1) is 12.4. The van der Waals surface area contributed by atoms with E-state index in [1.165, 1.54) is 0 Å². The molecule has 2 N–H and O–H groups in total. The van der Waals surface area contributed by atoms with E-state index in [-0.39, 0.29) is 24.6 Å². The number of carbonyl (C=O) groups is 1. The van der Waals surface area contributed by atoms with E-state index in [0.717, 1.165) is 0 Å². The number of aliphatic hydroxyl groups is 1. The van der Waals surface area contributed by atoms with Crippen molar-refractivity contribution < 1.29 is 15.0 Å². The van der Waals surface area contributed by atoms with Crippen LogP contribution in [0.3, 0.4) is 0 Å². The Kier molecular flexibility index (Phi) is 4.36. The minimum atomic E-state index is -0.812. The van der Waals surface area contributed by atoms with Crippen molar-refractivity contribution in [2.24, 2.45) is 0 Å². The molecule has 0 aromatic rings. The Bertz CT molecular complexity index is 180. The molecule has 0 rings (SSSR count). The van der Waals surface area contributed by atoms with Crippen molar-refractivity contribution in [1.29, 1.82) is 0 Å². The van der Waals surface area contributed by atoms with Gasteiger partial charge in [0.15, 0.2) is 0 Å². The summed E-state index contributed by atoms with van der Waals surface area (Å²) >= 11 is 0. The van der Waals surface area contributed by atoms with Crippen LogP contribution in [0.5, 0.6) is 0 Å².